The van der Waals surface area contributed by atoms with Gasteiger partial charge in [-0.1, -0.05) is 37.3 Å². The van der Waals surface area contributed by atoms with Crippen molar-refractivity contribution in [3.63, 3.8) is 0 Å². The molecular weight excluding hydrogens is 474 g/mol. The van der Waals surface area contributed by atoms with Crippen molar-refractivity contribution in [2.45, 2.75) is 19.8 Å². The lowest BCUT2D eigenvalue weighted by molar-refractivity contribution is -0.143. The molecule has 4 aromatic rings. The number of hydrogen-bond donors (Lipinski definition) is 1. The maximum atomic E-state index is 13.4. The standard InChI is InChI=1S/C28H27N3O6/c1-3-23(32)36-17-9-16-35-21-13-7-10-19(18-21)24-22-14-8-15-29-26(22)31(2)27(33)25(24)30-28(34)37-20-11-5-4-6-12-20/h4-8,10-15,18H,3,9,16-17H2,1-2H3,(H,30,34). The van der Waals surface area contributed by atoms with Gasteiger partial charge >= 0.3 is 12.1 Å². The van der Waals surface area contributed by atoms with E-state index in [9.17, 15) is 14.4 Å². The molecule has 0 saturated carbocycles. The number of ether oxygens (including phenoxy) is 3. The van der Waals surface area contributed by atoms with Crippen LogP contribution in [0.5, 0.6) is 11.5 Å². The first-order valence-electron chi connectivity index (χ1n) is 11.9. The summed E-state index contributed by atoms with van der Waals surface area (Å²) in [7, 11) is 1.60. The van der Waals surface area contributed by atoms with Crippen LogP contribution in [-0.4, -0.2) is 34.8 Å². The number of aryl methyl sites for hydroxylation is 1. The number of rotatable bonds is 9. The second-order valence-corrected chi connectivity index (χ2v) is 8.12. The number of aromatic nitrogens is 2. The van der Waals surface area contributed by atoms with Crippen LogP contribution in [-0.2, 0) is 16.6 Å². The van der Waals surface area contributed by atoms with Gasteiger partial charge in [-0.25, -0.2) is 9.78 Å². The number of para-hydroxylation sites is 1. The van der Waals surface area contributed by atoms with Crippen molar-refractivity contribution in [1.29, 1.82) is 0 Å². The van der Waals surface area contributed by atoms with E-state index in [0.717, 1.165) is 0 Å². The number of nitrogens with zero attached hydrogens (tertiary/aromatic N) is 2. The van der Waals surface area contributed by atoms with E-state index >= 15 is 0 Å². The van der Waals surface area contributed by atoms with Gasteiger partial charge in [0.1, 0.15) is 22.8 Å². The monoisotopic (exact) mass is 501 g/mol. The van der Waals surface area contributed by atoms with E-state index in [1.54, 1.807) is 68.7 Å². The second kappa shape index (κ2) is 11.9. The van der Waals surface area contributed by atoms with Crippen LogP contribution in [0.3, 0.4) is 0 Å². The van der Waals surface area contributed by atoms with Crippen LogP contribution in [0.2, 0.25) is 0 Å². The first kappa shape index (κ1) is 25.4. The molecule has 2 aromatic carbocycles. The molecule has 4 rings (SSSR count). The zero-order valence-electron chi connectivity index (χ0n) is 20.6. The summed E-state index contributed by atoms with van der Waals surface area (Å²) in [5.41, 5.74) is 1.25. The molecule has 0 radical (unpaired) electrons. The minimum Gasteiger partial charge on any atom is -0.493 e. The van der Waals surface area contributed by atoms with E-state index in [2.05, 4.69) is 10.3 Å². The lowest BCUT2D eigenvalue weighted by Gasteiger charge is -2.17. The molecule has 0 unspecified atom stereocenters. The molecule has 190 valence electrons. The molecule has 9 nitrogen and oxygen atoms in total. The Morgan fingerprint density at radius 3 is 2.54 bits per heavy atom. The van der Waals surface area contributed by atoms with Crippen LogP contribution in [0.15, 0.2) is 77.7 Å². The normalized spacial score (nSPS) is 10.6. The van der Waals surface area contributed by atoms with E-state index in [-0.39, 0.29) is 18.3 Å². The second-order valence-electron chi connectivity index (χ2n) is 8.12. The molecule has 0 saturated heterocycles. The number of benzene rings is 2. The number of carbonyl (C=O) groups excluding carboxylic acids is 2. The van der Waals surface area contributed by atoms with Crippen LogP contribution in [0, 0.1) is 0 Å². The molecular formula is C28H27N3O6. The third-order valence-corrected chi connectivity index (χ3v) is 5.55. The highest BCUT2D eigenvalue weighted by Crippen LogP contribution is 2.34. The van der Waals surface area contributed by atoms with Crippen molar-refractivity contribution in [3.8, 4) is 22.6 Å². The topological polar surface area (TPSA) is 109 Å². The predicted molar refractivity (Wildman–Crippen MR) is 140 cm³/mol. The summed E-state index contributed by atoms with van der Waals surface area (Å²) in [4.78, 5) is 41.8. The van der Waals surface area contributed by atoms with Gasteiger partial charge in [0.2, 0.25) is 0 Å². The van der Waals surface area contributed by atoms with Gasteiger partial charge in [0.25, 0.3) is 5.56 Å². The molecule has 0 aliphatic heterocycles. The third kappa shape index (κ3) is 6.13. The molecule has 0 fully saturated rings. The summed E-state index contributed by atoms with van der Waals surface area (Å²) in [6.07, 6.45) is 1.68. The van der Waals surface area contributed by atoms with Gasteiger partial charge in [-0.2, -0.15) is 0 Å². The number of pyridine rings is 2. The summed E-state index contributed by atoms with van der Waals surface area (Å²) in [5, 5.41) is 3.31. The summed E-state index contributed by atoms with van der Waals surface area (Å²) >= 11 is 0. The number of fused-ring (bicyclic) bond motifs is 1. The van der Waals surface area contributed by atoms with Crippen LogP contribution in [0.4, 0.5) is 10.5 Å². The SMILES string of the molecule is CCC(=O)OCCCOc1cccc(-c2c(NC(=O)Oc3ccccc3)c(=O)n(C)c3ncccc23)c1. The Hall–Kier alpha value is -4.66. The van der Waals surface area contributed by atoms with E-state index in [0.29, 0.717) is 53.1 Å². The van der Waals surface area contributed by atoms with Crippen molar-refractivity contribution < 1.29 is 23.8 Å². The highest BCUT2D eigenvalue weighted by atomic mass is 16.6. The van der Waals surface area contributed by atoms with Crippen molar-refractivity contribution >= 4 is 28.8 Å². The molecule has 0 aliphatic carbocycles. The van der Waals surface area contributed by atoms with Gasteiger partial charge in [0.05, 0.1) is 13.2 Å². The lowest BCUT2D eigenvalue weighted by Crippen LogP contribution is -2.27. The first-order valence-corrected chi connectivity index (χ1v) is 11.9. The van der Waals surface area contributed by atoms with Gasteiger partial charge in [0.15, 0.2) is 0 Å². The molecule has 1 amide bonds. The summed E-state index contributed by atoms with van der Waals surface area (Å²) in [6.45, 7) is 2.35. The average Bonchev–Trinajstić information content (AvgIpc) is 2.92. The number of amides is 1. The molecule has 0 spiro atoms. The van der Waals surface area contributed by atoms with Crippen molar-refractivity contribution in [3.05, 3.63) is 83.3 Å². The quantitative estimate of drug-likeness (QED) is 0.256. The van der Waals surface area contributed by atoms with Crippen molar-refractivity contribution in [1.82, 2.24) is 9.55 Å². The Balaban J connectivity index is 1.66. The van der Waals surface area contributed by atoms with Gasteiger partial charge in [-0.05, 0) is 42.0 Å². The van der Waals surface area contributed by atoms with Crippen LogP contribution in [0.1, 0.15) is 19.8 Å². The van der Waals surface area contributed by atoms with E-state index in [4.69, 9.17) is 14.2 Å². The number of hydrogen-bond acceptors (Lipinski definition) is 7. The number of nitrogens with one attached hydrogen (secondary N) is 1. The Kier molecular flexibility index (Phi) is 8.15. The summed E-state index contributed by atoms with van der Waals surface area (Å²) in [5.74, 6) is 0.662. The van der Waals surface area contributed by atoms with E-state index in [1.165, 1.54) is 4.57 Å². The zero-order chi connectivity index (χ0) is 26.2. The molecule has 2 aromatic heterocycles. The number of esters is 1. The highest BCUT2D eigenvalue weighted by molar-refractivity contribution is 6.03. The van der Waals surface area contributed by atoms with E-state index in [1.807, 2.05) is 18.2 Å². The Morgan fingerprint density at radius 2 is 1.76 bits per heavy atom. The number of carbonyl (C=O) groups is 2. The summed E-state index contributed by atoms with van der Waals surface area (Å²) < 4.78 is 17.7. The maximum absolute atomic E-state index is 13.4. The molecule has 1 N–H and O–H groups in total. The fourth-order valence-corrected chi connectivity index (χ4v) is 3.78. The van der Waals surface area contributed by atoms with E-state index < -0.39 is 11.7 Å². The largest absolute Gasteiger partial charge is 0.493 e. The molecule has 2 heterocycles. The van der Waals surface area contributed by atoms with Crippen LogP contribution in [0.25, 0.3) is 22.2 Å². The minimum absolute atomic E-state index is 0.0626. The molecule has 0 aliphatic rings. The van der Waals surface area contributed by atoms with Crippen molar-refractivity contribution in [2.75, 3.05) is 18.5 Å². The molecule has 9 heteroatoms. The highest BCUT2D eigenvalue weighted by Gasteiger charge is 2.20. The van der Waals surface area contributed by atoms with Gasteiger partial charge < -0.3 is 14.2 Å². The Labute approximate surface area is 213 Å². The van der Waals surface area contributed by atoms with Crippen molar-refractivity contribution in [2.24, 2.45) is 7.05 Å². The van der Waals surface area contributed by atoms with Crippen LogP contribution >= 0.6 is 0 Å². The fourth-order valence-electron chi connectivity index (χ4n) is 3.78. The van der Waals surface area contributed by atoms with Gasteiger partial charge in [-0.15, -0.1) is 0 Å². The molecule has 37 heavy (non-hydrogen) atoms. The van der Waals surface area contributed by atoms with Gasteiger partial charge in [0, 0.05) is 37.0 Å². The molecule has 0 atom stereocenters. The van der Waals surface area contributed by atoms with Gasteiger partial charge in [-0.3, -0.25) is 19.5 Å². The maximum Gasteiger partial charge on any atom is 0.417 e. The third-order valence-electron chi connectivity index (χ3n) is 5.55. The Morgan fingerprint density at radius 1 is 0.973 bits per heavy atom. The van der Waals surface area contributed by atoms with Crippen LogP contribution < -0.4 is 20.3 Å². The fraction of sp³-hybridized carbons (Fsp3) is 0.214. The average molecular weight is 502 g/mol. The summed E-state index contributed by atoms with van der Waals surface area (Å²) in [6, 6.07) is 19.4. The number of anilines is 1. The Bertz CT molecular complexity index is 1470. The predicted octanol–water partition coefficient (Wildman–Crippen LogP) is 4.93. The first-order chi connectivity index (χ1) is 18.0. The molecule has 0 bridgehead atoms. The smallest absolute Gasteiger partial charge is 0.417 e. The lowest BCUT2D eigenvalue weighted by atomic mass is 10.00. The zero-order valence-corrected chi connectivity index (χ0v) is 20.6. The minimum atomic E-state index is -0.790.